The summed E-state index contributed by atoms with van der Waals surface area (Å²) >= 11 is 0. The van der Waals surface area contributed by atoms with Gasteiger partial charge in [-0.05, 0) is 43.5 Å². The molecule has 3 nitrogen and oxygen atoms in total. The first-order valence-corrected chi connectivity index (χ1v) is 4.86. The van der Waals surface area contributed by atoms with E-state index in [2.05, 4.69) is 0 Å². The van der Waals surface area contributed by atoms with Crippen molar-refractivity contribution in [1.29, 1.82) is 0 Å². The van der Waals surface area contributed by atoms with E-state index in [1.165, 1.54) is 7.11 Å². The smallest absolute Gasteiger partial charge is 0.207 e. The van der Waals surface area contributed by atoms with Crippen molar-refractivity contribution >= 4 is 0 Å². The van der Waals surface area contributed by atoms with Gasteiger partial charge in [0.2, 0.25) is 5.82 Å². The van der Waals surface area contributed by atoms with Crippen molar-refractivity contribution in [2.75, 3.05) is 13.7 Å². The van der Waals surface area contributed by atoms with Crippen LogP contribution in [0.2, 0.25) is 0 Å². The molecule has 0 radical (unpaired) electrons. The van der Waals surface area contributed by atoms with Crippen molar-refractivity contribution in [2.24, 2.45) is 5.73 Å². The van der Waals surface area contributed by atoms with Crippen molar-refractivity contribution in [3.63, 3.8) is 0 Å². The number of hydrogen-bond donors (Lipinski definition) is 2. The van der Waals surface area contributed by atoms with Crippen LogP contribution in [0.4, 0.5) is 4.39 Å². The molecule has 1 rings (SSSR count). The number of benzene rings is 1. The summed E-state index contributed by atoms with van der Waals surface area (Å²) in [6.45, 7) is 2.26. The minimum Gasteiger partial charge on any atom is -0.505 e. The third-order valence-corrected chi connectivity index (χ3v) is 2.31. The summed E-state index contributed by atoms with van der Waals surface area (Å²) in [6, 6.07) is 1.73. The first-order valence-electron chi connectivity index (χ1n) is 4.86. The zero-order valence-electron chi connectivity index (χ0n) is 9.01. The molecule has 1 aromatic rings. The van der Waals surface area contributed by atoms with E-state index >= 15 is 0 Å². The second kappa shape index (κ2) is 4.98. The van der Waals surface area contributed by atoms with Gasteiger partial charge >= 0.3 is 0 Å². The minimum absolute atomic E-state index is 0.101. The fourth-order valence-corrected chi connectivity index (χ4v) is 1.55. The van der Waals surface area contributed by atoms with Gasteiger partial charge in [0.1, 0.15) is 0 Å². The molecule has 4 heteroatoms. The lowest BCUT2D eigenvalue weighted by molar-refractivity contribution is 0.359. The molecule has 0 saturated heterocycles. The number of hydrogen-bond acceptors (Lipinski definition) is 3. The summed E-state index contributed by atoms with van der Waals surface area (Å²) in [5.74, 6) is -0.917. The van der Waals surface area contributed by atoms with Crippen molar-refractivity contribution in [3.8, 4) is 11.5 Å². The number of nitrogens with two attached hydrogens (primary N) is 1. The van der Waals surface area contributed by atoms with Crippen LogP contribution < -0.4 is 10.5 Å². The largest absolute Gasteiger partial charge is 0.505 e. The lowest BCUT2D eigenvalue weighted by Gasteiger charge is -2.11. The van der Waals surface area contributed by atoms with Crippen LogP contribution in [0.3, 0.4) is 0 Å². The molecule has 3 N–H and O–H groups in total. The highest BCUT2D eigenvalue weighted by molar-refractivity contribution is 5.47. The molecule has 0 amide bonds. The normalized spacial score (nSPS) is 10.4. The van der Waals surface area contributed by atoms with Gasteiger partial charge in [-0.15, -0.1) is 0 Å². The number of halogens is 1. The van der Waals surface area contributed by atoms with Crippen LogP contribution >= 0.6 is 0 Å². The third-order valence-electron chi connectivity index (χ3n) is 2.31. The SMILES string of the molecule is COc1c(C)cc(CCCN)c(O)c1F. The molecule has 0 aliphatic rings. The highest BCUT2D eigenvalue weighted by atomic mass is 19.1. The van der Waals surface area contributed by atoms with E-state index in [0.29, 0.717) is 24.1 Å². The first-order chi connectivity index (χ1) is 7.11. The summed E-state index contributed by atoms with van der Waals surface area (Å²) in [7, 11) is 1.38. The maximum absolute atomic E-state index is 13.5. The Labute approximate surface area is 88.7 Å². The Morgan fingerprint density at radius 2 is 2.20 bits per heavy atom. The van der Waals surface area contributed by atoms with E-state index in [1.807, 2.05) is 0 Å². The molecular weight excluding hydrogens is 197 g/mol. The van der Waals surface area contributed by atoms with Crippen molar-refractivity contribution in [2.45, 2.75) is 19.8 Å². The number of rotatable bonds is 4. The van der Waals surface area contributed by atoms with Gasteiger partial charge in [-0.3, -0.25) is 0 Å². The number of aryl methyl sites for hydroxylation is 2. The Balaban J connectivity index is 3.10. The van der Waals surface area contributed by atoms with E-state index in [1.54, 1.807) is 13.0 Å². The van der Waals surface area contributed by atoms with Crippen LogP contribution in [-0.4, -0.2) is 18.8 Å². The van der Waals surface area contributed by atoms with Gasteiger partial charge in [0, 0.05) is 0 Å². The average molecular weight is 213 g/mol. The fraction of sp³-hybridized carbons (Fsp3) is 0.455. The number of aromatic hydroxyl groups is 1. The maximum Gasteiger partial charge on any atom is 0.207 e. The Bertz CT molecular complexity index is 353. The van der Waals surface area contributed by atoms with E-state index < -0.39 is 5.82 Å². The van der Waals surface area contributed by atoms with Crippen LogP contribution in [-0.2, 0) is 6.42 Å². The van der Waals surface area contributed by atoms with Crippen LogP contribution in [0.25, 0.3) is 0 Å². The molecule has 0 bridgehead atoms. The second-order valence-electron chi connectivity index (χ2n) is 3.44. The summed E-state index contributed by atoms with van der Waals surface area (Å²) in [4.78, 5) is 0. The summed E-state index contributed by atoms with van der Waals surface area (Å²) in [6.07, 6.45) is 1.29. The predicted molar refractivity (Wildman–Crippen MR) is 56.7 cm³/mol. The number of phenols is 1. The first kappa shape index (κ1) is 11.8. The molecule has 0 aliphatic heterocycles. The van der Waals surface area contributed by atoms with E-state index in [4.69, 9.17) is 10.5 Å². The van der Waals surface area contributed by atoms with E-state index in [9.17, 15) is 9.50 Å². The standard InChI is InChI=1S/C11H16FNO2/c1-7-6-8(4-3-5-13)10(14)9(12)11(7)15-2/h6,14H,3-5,13H2,1-2H3. The van der Waals surface area contributed by atoms with Gasteiger partial charge in [-0.2, -0.15) is 4.39 Å². The van der Waals surface area contributed by atoms with Crippen LogP contribution in [0.1, 0.15) is 17.5 Å². The van der Waals surface area contributed by atoms with Gasteiger partial charge in [0.05, 0.1) is 7.11 Å². The zero-order valence-corrected chi connectivity index (χ0v) is 9.01. The Kier molecular flexibility index (Phi) is 3.91. The van der Waals surface area contributed by atoms with Crippen LogP contribution in [0, 0.1) is 12.7 Å². The zero-order chi connectivity index (χ0) is 11.4. The molecule has 0 atom stereocenters. The second-order valence-corrected chi connectivity index (χ2v) is 3.44. The van der Waals surface area contributed by atoms with Crippen molar-refractivity contribution in [1.82, 2.24) is 0 Å². The average Bonchev–Trinajstić information content (AvgIpc) is 2.22. The number of ether oxygens (including phenoxy) is 1. The lowest BCUT2D eigenvalue weighted by atomic mass is 10.0. The number of methoxy groups -OCH3 is 1. The van der Waals surface area contributed by atoms with Crippen LogP contribution in [0.15, 0.2) is 6.07 Å². The molecule has 0 saturated carbocycles. The molecule has 0 aromatic heterocycles. The number of phenolic OH excluding ortho intramolecular Hbond substituents is 1. The topological polar surface area (TPSA) is 55.5 Å². The summed E-state index contributed by atoms with van der Waals surface area (Å²) in [5.41, 5.74) is 6.62. The molecule has 1 aromatic carbocycles. The Morgan fingerprint density at radius 1 is 1.53 bits per heavy atom. The van der Waals surface area contributed by atoms with Gasteiger partial charge in [0.25, 0.3) is 0 Å². The highest BCUT2D eigenvalue weighted by Crippen LogP contribution is 2.33. The van der Waals surface area contributed by atoms with Crippen molar-refractivity contribution < 1.29 is 14.2 Å². The minimum atomic E-state index is -0.690. The molecule has 0 heterocycles. The molecule has 0 spiro atoms. The molecule has 0 aliphatic carbocycles. The Hall–Kier alpha value is -1.29. The molecule has 15 heavy (non-hydrogen) atoms. The van der Waals surface area contributed by atoms with Gasteiger partial charge < -0.3 is 15.6 Å². The highest BCUT2D eigenvalue weighted by Gasteiger charge is 2.15. The van der Waals surface area contributed by atoms with E-state index in [0.717, 1.165) is 6.42 Å². The van der Waals surface area contributed by atoms with Gasteiger partial charge in [-0.25, -0.2) is 0 Å². The van der Waals surface area contributed by atoms with Gasteiger partial charge in [-0.1, -0.05) is 0 Å². The molecule has 84 valence electrons. The molecule has 0 fully saturated rings. The van der Waals surface area contributed by atoms with Crippen LogP contribution in [0.5, 0.6) is 11.5 Å². The molecule has 0 unspecified atom stereocenters. The third kappa shape index (κ3) is 2.39. The van der Waals surface area contributed by atoms with E-state index in [-0.39, 0.29) is 11.5 Å². The predicted octanol–water partition coefficient (Wildman–Crippen LogP) is 1.74. The Morgan fingerprint density at radius 3 is 2.73 bits per heavy atom. The molecular formula is C11H16FNO2. The quantitative estimate of drug-likeness (QED) is 0.801. The van der Waals surface area contributed by atoms with Crippen molar-refractivity contribution in [3.05, 3.63) is 23.0 Å². The fourth-order valence-electron chi connectivity index (χ4n) is 1.55. The summed E-state index contributed by atoms with van der Waals surface area (Å²) in [5, 5.41) is 9.56. The maximum atomic E-state index is 13.5. The summed E-state index contributed by atoms with van der Waals surface area (Å²) < 4.78 is 18.4. The monoisotopic (exact) mass is 213 g/mol. The van der Waals surface area contributed by atoms with Gasteiger partial charge in [0.15, 0.2) is 11.5 Å². The lowest BCUT2D eigenvalue weighted by Crippen LogP contribution is -2.02.